The molecule has 0 aromatic heterocycles. The summed E-state index contributed by atoms with van der Waals surface area (Å²) in [6.45, 7) is 0.517. The lowest BCUT2D eigenvalue weighted by Gasteiger charge is -2.57. The largest absolute Gasteiger partial charge is 0.459 e. The fourth-order valence-electron chi connectivity index (χ4n) is 5.39. The van der Waals surface area contributed by atoms with Gasteiger partial charge in [-0.1, -0.05) is 30.3 Å². The molecule has 0 saturated heterocycles. The van der Waals surface area contributed by atoms with Crippen molar-refractivity contribution >= 4 is 12.3 Å². The lowest BCUT2D eigenvalue weighted by Crippen LogP contribution is -2.56. The Bertz CT molecular complexity index is 551. The molecule has 4 aliphatic rings. The Morgan fingerprint density at radius 2 is 1.76 bits per heavy atom. The van der Waals surface area contributed by atoms with Gasteiger partial charge in [0.15, 0.2) is 0 Å². The molecule has 0 N–H and O–H groups in total. The molecule has 3 atom stereocenters. The van der Waals surface area contributed by atoms with Crippen LogP contribution in [0.2, 0.25) is 0 Å². The van der Waals surface area contributed by atoms with Gasteiger partial charge in [-0.3, -0.25) is 9.59 Å². The molecule has 4 saturated carbocycles. The van der Waals surface area contributed by atoms with E-state index in [1.165, 1.54) is 6.42 Å². The predicted molar refractivity (Wildman–Crippen MR) is 77.3 cm³/mol. The van der Waals surface area contributed by atoms with Crippen molar-refractivity contribution in [1.82, 2.24) is 0 Å². The molecule has 0 heterocycles. The van der Waals surface area contributed by atoms with E-state index >= 15 is 0 Å². The van der Waals surface area contributed by atoms with E-state index in [1.807, 2.05) is 30.3 Å². The Hall–Kier alpha value is -1.64. The van der Waals surface area contributed by atoms with Gasteiger partial charge in [-0.15, -0.1) is 0 Å². The first-order valence-corrected chi connectivity index (χ1v) is 7.91. The minimum atomic E-state index is -0.461. The Kier molecular flexibility index (Phi) is 2.91. The molecule has 3 unspecified atom stereocenters. The number of rotatable bonds is 4. The fraction of sp³-hybridized carbons (Fsp3) is 0.556. The Morgan fingerprint density at radius 3 is 2.38 bits per heavy atom. The maximum absolute atomic E-state index is 13.0. The van der Waals surface area contributed by atoms with Gasteiger partial charge in [-0.05, 0) is 49.5 Å². The molecule has 110 valence electrons. The smallest absolute Gasteiger partial charge is 0.293 e. The van der Waals surface area contributed by atoms with E-state index in [0.717, 1.165) is 31.2 Å². The van der Waals surface area contributed by atoms with Crippen LogP contribution in [0.4, 0.5) is 0 Å². The summed E-state index contributed by atoms with van der Waals surface area (Å²) in [4.78, 5) is 24.0. The molecular weight excluding hydrogens is 264 g/mol. The van der Waals surface area contributed by atoms with Gasteiger partial charge in [0, 0.05) is 5.92 Å². The van der Waals surface area contributed by atoms with Crippen molar-refractivity contribution in [3.63, 3.8) is 0 Å². The number of hydrogen-bond donors (Lipinski definition) is 0. The zero-order valence-electron chi connectivity index (χ0n) is 12.0. The lowest BCUT2D eigenvalue weighted by atomic mass is 9.47. The number of carbonyl (C=O) groups is 2. The molecule has 3 heteroatoms. The molecule has 4 fully saturated rings. The summed E-state index contributed by atoms with van der Waals surface area (Å²) in [6.07, 6.45) is 4.75. The predicted octanol–water partition coefficient (Wildman–Crippen LogP) is 3.30. The first kappa shape index (κ1) is 13.1. The summed E-state index contributed by atoms with van der Waals surface area (Å²) >= 11 is 0. The second-order valence-corrected chi connectivity index (χ2v) is 7.09. The number of Topliss-reactive ketones (excluding diaryl/α,β-unsaturated/α-hetero) is 1. The summed E-state index contributed by atoms with van der Waals surface area (Å²) < 4.78 is 5.48. The van der Waals surface area contributed by atoms with Crippen LogP contribution >= 0.6 is 0 Å². The molecule has 4 bridgehead atoms. The zero-order chi connectivity index (χ0) is 14.4. The van der Waals surface area contributed by atoms with E-state index in [2.05, 4.69) is 0 Å². The lowest BCUT2D eigenvalue weighted by molar-refractivity contribution is -0.175. The highest BCUT2D eigenvalue weighted by atomic mass is 16.5. The number of carbonyl (C=O) groups excluding carboxylic acids is 2. The van der Waals surface area contributed by atoms with Gasteiger partial charge in [0.05, 0.1) is 5.41 Å². The van der Waals surface area contributed by atoms with E-state index in [-0.39, 0.29) is 5.92 Å². The van der Waals surface area contributed by atoms with Crippen molar-refractivity contribution in [2.45, 2.75) is 38.2 Å². The summed E-state index contributed by atoms with van der Waals surface area (Å²) in [6, 6.07) is 9.78. The third kappa shape index (κ3) is 1.86. The molecule has 1 aromatic rings. The van der Waals surface area contributed by atoms with Crippen LogP contribution in [0.25, 0.3) is 0 Å². The van der Waals surface area contributed by atoms with Crippen molar-refractivity contribution in [3.8, 4) is 0 Å². The van der Waals surface area contributed by atoms with Gasteiger partial charge >= 0.3 is 0 Å². The Labute approximate surface area is 124 Å². The van der Waals surface area contributed by atoms with Crippen molar-refractivity contribution in [2.24, 2.45) is 23.2 Å². The molecule has 5 rings (SSSR count). The molecule has 0 aliphatic heterocycles. The zero-order valence-corrected chi connectivity index (χ0v) is 12.0. The molecule has 4 aliphatic carbocycles. The molecule has 0 radical (unpaired) electrons. The minimum absolute atomic E-state index is 0.206. The number of hydrogen-bond acceptors (Lipinski definition) is 3. The van der Waals surface area contributed by atoms with E-state index in [0.29, 0.717) is 24.1 Å². The van der Waals surface area contributed by atoms with Crippen LogP contribution in [-0.2, 0) is 14.3 Å². The normalized spacial score (nSPS) is 38.3. The summed E-state index contributed by atoms with van der Waals surface area (Å²) in [5, 5.41) is 0. The fourth-order valence-corrected chi connectivity index (χ4v) is 5.39. The number of ketones is 1. The van der Waals surface area contributed by atoms with Gasteiger partial charge in [0.1, 0.15) is 11.9 Å². The molecule has 0 spiro atoms. The average molecular weight is 284 g/mol. The molecular formula is C18H20O3. The standard InChI is InChI=1S/C18H20O3/c19-11-21-17(14-4-2-1-3-5-14)18-9-12-6-13(10-18)8-15(7-12)16(18)20/h1-5,11-13,15,17H,6-10H2. The van der Waals surface area contributed by atoms with Crippen molar-refractivity contribution in [1.29, 1.82) is 0 Å². The van der Waals surface area contributed by atoms with Crippen LogP contribution in [0.15, 0.2) is 30.3 Å². The minimum Gasteiger partial charge on any atom is -0.459 e. The number of ether oxygens (including phenoxy) is 1. The molecule has 1 aromatic carbocycles. The first-order chi connectivity index (χ1) is 10.2. The highest BCUT2D eigenvalue weighted by Crippen LogP contribution is 2.62. The molecule has 3 nitrogen and oxygen atoms in total. The van der Waals surface area contributed by atoms with Crippen LogP contribution < -0.4 is 0 Å². The van der Waals surface area contributed by atoms with Gasteiger partial charge in [0.25, 0.3) is 6.47 Å². The third-order valence-corrected chi connectivity index (χ3v) is 5.87. The average Bonchev–Trinajstić information content (AvgIpc) is 2.50. The van der Waals surface area contributed by atoms with Crippen molar-refractivity contribution < 1.29 is 14.3 Å². The summed E-state index contributed by atoms with van der Waals surface area (Å²) in [5.41, 5.74) is 0.497. The molecule has 21 heavy (non-hydrogen) atoms. The van der Waals surface area contributed by atoms with Crippen LogP contribution in [0, 0.1) is 23.2 Å². The quantitative estimate of drug-likeness (QED) is 0.797. The van der Waals surface area contributed by atoms with Crippen LogP contribution in [-0.4, -0.2) is 12.3 Å². The van der Waals surface area contributed by atoms with E-state index in [1.54, 1.807) is 0 Å². The van der Waals surface area contributed by atoms with Crippen molar-refractivity contribution in [2.75, 3.05) is 0 Å². The summed E-state index contributed by atoms with van der Waals surface area (Å²) in [5.74, 6) is 1.84. The van der Waals surface area contributed by atoms with E-state index in [9.17, 15) is 9.59 Å². The van der Waals surface area contributed by atoms with Gasteiger partial charge in [0.2, 0.25) is 0 Å². The van der Waals surface area contributed by atoms with Gasteiger partial charge in [-0.25, -0.2) is 0 Å². The second-order valence-electron chi connectivity index (χ2n) is 7.09. The first-order valence-electron chi connectivity index (χ1n) is 7.91. The van der Waals surface area contributed by atoms with Crippen molar-refractivity contribution in [3.05, 3.63) is 35.9 Å². The SMILES string of the molecule is O=COC(c1ccccc1)C12CC3CC(CC(C3)C1=O)C2. The van der Waals surface area contributed by atoms with Gasteiger partial charge in [-0.2, -0.15) is 0 Å². The Balaban J connectivity index is 1.77. The van der Waals surface area contributed by atoms with Crippen LogP contribution in [0.3, 0.4) is 0 Å². The third-order valence-electron chi connectivity index (χ3n) is 5.87. The maximum Gasteiger partial charge on any atom is 0.293 e. The number of benzene rings is 1. The Morgan fingerprint density at radius 1 is 1.10 bits per heavy atom. The van der Waals surface area contributed by atoms with Crippen LogP contribution in [0.5, 0.6) is 0 Å². The molecule has 0 amide bonds. The topological polar surface area (TPSA) is 43.4 Å². The van der Waals surface area contributed by atoms with E-state index in [4.69, 9.17) is 4.74 Å². The highest BCUT2D eigenvalue weighted by molar-refractivity contribution is 5.90. The summed E-state index contributed by atoms with van der Waals surface area (Å²) in [7, 11) is 0. The van der Waals surface area contributed by atoms with E-state index < -0.39 is 11.5 Å². The monoisotopic (exact) mass is 284 g/mol. The van der Waals surface area contributed by atoms with Crippen LogP contribution in [0.1, 0.15) is 43.8 Å². The van der Waals surface area contributed by atoms with Gasteiger partial charge < -0.3 is 4.74 Å². The second kappa shape index (κ2) is 4.69. The maximum atomic E-state index is 13.0. The highest BCUT2D eigenvalue weighted by Gasteiger charge is 2.61.